The molecule has 0 unspecified atom stereocenters. The van der Waals surface area contributed by atoms with Crippen molar-refractivity contribution in [2.24, 2.45) is 7.05 Å². The number of aromatic nitrogens is 2. The number of hydrogen-bond donors (Lipinski definition) is 1. The fourth-order valence-corrected chi connectivity index (χ4v) is 1.07. The summed E-state index contributed by atoms with van der Waals surface area (Å²) in [7, 11) is 2.84. The number of rotatable bonds is 3. The molecule has 1 N–H and O–H groups in total. The van der Waals surface area contributed by atoms with Crippen LogP contribution in [0.2, 0.25) is 0 Å². The van der Waals surface area contributed by atoms with Crippen molar-refractivity contribution in [3.63, 3.8) is 0 Å². The molecule has 0 aromatic carbocycles. The summed E-state index contributed by atoms with van der Waals surface area (Å²) in [6.45, 7) is 0. The average molecular weight is 232 g/mol. The molecule has 0 radical (unpaired) electrons. The smallest absolute Gasteiger partial charge is 0.356 e. The Morgan fingerprint density at radius 1 is 1.67 bits per heavy atom. The van der Waals surface area contributed by atoms with Crippen molar-refractivity contribution in [3.05, 3.63) is 11.8 Å². The van der Waals surface area contributed by atoms with E-state index in [1.807, 2.05) is 0 Å². The lowest BCUT2D eigenvalue weighted by Crippen LogP contribution is -2.13. The van der Waals surface area contributed by atoms with Gasteiger partial charge in [0.2, 0.25) is 5.91 Å². The molecule has 1 aromatic heterocycles. The Bertz CT molecular complexity index is 388. The number of alkyl halides is 1. The predicted molar refractivity (Wildman–Crippen MR) is 53.9 cm³/mol. The first kappa shape index (κ1) is 11.5. The molecule has 6 nitrogen and oxygen atoms in total. The Hall–Kier alpha value is -1.56. The van der Waals surface area contributed by atoms with Crippen LogP contribution in [0.15, 0.2) is 6.07 Å². The minimum Gasteiger partial charge on any atom is -0.464 e. The van der Waals surface area contributed by atoms with Gasteiger partial charge in [-0.3, -0.25) is 9.48 Å². The van der Waals surface area contributed by atoms with Crippen LogP contribution in [0.25, 0.3) is 0 Å². The fraction of sp³-hybridized carbons (Fsp3) is 0.375. The van der Waals surface area contributed by atoms with Gasteiger partial charge in [0.15, 0.2) is 5.82 Å². The first-order valence-electron chi connectivity index (χ1n) is 4.06. The fourth-order valence-electron chi connectivity index (χ4n) is 1.00. The Balaban J connectivity index is 2.86. The Labute approximate surface area is 91.2 Å². The van der Waals surface area contributed by atoms with Crippen molar-refractivity contribution in [1.29, 1.82) is 0 Å². The third-order valence-electron chi connectivity index (χ3n) is 1.66. The van der Waals surface area contributed by atoms with E-state index >= 15 is 0 Å². The SMILES string of the molecule is COC(=O)c1cc(NC(=O)CCl)nn1C. The summed E-state index contributed by atoms with van der Waals surface area (Å²) in [5.74, 6) is -0.796. The second kappa shape index (κ2) is 4.79. The van der Waals surface area contributed by atoms with Gasteiger partial charge in [0, 0.05) is 13.1 Å². The molecule has 0 atom stereocenters. The van der Waals surface area contributed by atoms with Crippen LogP contribution >= 0.6 is 11.6 Å². The van der Waals surface area contributed by atoms with E-state index in [1.54, 1.807) is 7.05 Å². The highest BCUT2D eigenvalue weighted by atomic mass is 35.5. The standard InChI is InChI=1S/C8H10ClN3O3/c1-12-5(8(14)15-2)3-6(11-12)10-7(13)4-9/h3H,4H2,1-2H3,(H,10,11,13). The minimum absolute atomic E-state index is 0.163. The average Bonchev–Trinajstić information content (AvgIpc) is 2.58. The highest BCUT2D eigenvalue weighted by Gasteiger charge is 2.14. The summed E-state index contributed by atoms with van der Waals surface area (Å²) in [6.07, 6.45) is 0. The molecule has 82 valence electrons. The van der Waals surface area contributed by atoms with Crippen LogP contribution in [-0.2, 0) is 16.6 Å². The summed E-state index contributed by atoms with van der Waals surface area (Å²) in [4.78, 5) is 22.1. The van der Waals surface area contributed by atoms with Crippen molar-refractivity contribution in [3.8, 4) is 0 Å². The number of anilines is 1. The maximum absolute atomic E-state index is 11.2. The van der Waals surface area contributed by atoms with E-state index in [0.717, 1.165) is 0 Å². The number of halogens is 1. The lowest BCUT2D eigenvalue weighted by atomic mass is 10.4. The molecule has 0 saturated heterocycles. The van der Waals surface area contributed by atoms with Gasteiger partial charge in [-0.15, -0.1) is 11.6 Å². The monoisotopic (exact) mass is 231 g/mol. The van der Waals surface area contributed by atoms with Crippen molar-refractivity contribution in [2.75, 3.05) is 18.3 Å². The second-order valence-corrected chi connectivity index (χ2v) is 2.98. The number of nitrogens with zero attached hydrogens (tertiary/aromatic N) is 2. The van der Waals surface area contributed by atoms with E-state index in [-0.39, 0.29) is 23.3 Å². The van der Waals surface area contributed by atoms with Gasteiger partial charge >= 0.3 is 5.97 Å². The number of aryl methyl sites for hydroxylation is 1. The van der Waals surface area contributed by atoms with Crippen molar-refractivity contribution >= 4 is 29.3 Å². The van der Waals surface area contributed by atoms with Gasteiger partial charge in [0.05, 0.1) is 7.11 Å². The number of esters is 1. The first-order valence-corrected chi connectivity index (χ1v) is 4.60. The van der Waals surface area contributed by atoms with Crippen LogP contribution in [0.1, 0.15) is 10.5 Å². The predicted octanol–water partition coefficient (Wildman–Crippen LogP) is 0.384. The zero-order valence-electron chi connectivity index (χ0n) is 8.28. The van der Waals surface area contributed by atoms with Crippen LogP contribution in [0.3, 0.4) is 0 Å². The van der Waals surface area contributed by atoms with Crippen LogP contribution in [0.5, 0.6) is 0 Å². The maximum Gasteiger partial charge on any atom is 0.356 e. The lowest BCUT2D eigenvalue weighted by Gasteiger charge is -1.96. The third kappa shape index (κ3) is 2.69. The van der Waals surface area contributed by atoms with E-state index in [2.05, 4.69) is 15.2 Å². The Kier molecular flexibility index (Phi) is 3.68. The molecule has 1 amide bonds. The molecule has 1 rings (SSSR count). The quantitative estimate of drug-likeness (QED) is 0.603. The lowest BCUT2D eigenvalue weighted by molar-refractivity contribution is -0.113. The summed E-state index contributed by atoms with van der Waals surface area (Å²) >= 11 is 5.30. The van der Waals surface area contributed by atoms with E-state index in [9.17, 15) is 9.59 Å². The number of nitrogens with one attached hydrogen (secondary N) is 1. The molecule has 15 heavy (non-hydrogen) atoms. The van der Waals surface area contributed by atoms with Gasteiger partial charge < -0.3 is 10.1 Å². The van der Waals surface area contributed by atoms with E-state index in [1.165, 1.54) is 17.9 Å². The molecule has 0 aliphatic rings. The van der Waals surface area contributed by atoms with Crippen LogP contribution < -0.4 is 5.32 Å². The highest BCUT2D eigenvalue weighted by Crippen LogP contribution is 2.09. The van der Waals surface area contributed by atoms with Crippen LogP contribution in [0.4, 0.5) is 5.82 Å². The molecule has 1 heterocycles. The Morgan fingerprint density at radius 2 is 2.33 bits per heavy atom. The van der Waals surface area contributed by atoms with Gasteiger partial charge in [0.25, 0.3) is 0 Å². The van der Waals surface area contributed by atoms with Crippen LogP contribution in [-0.4, -0.2) is 34.6 Å². The zero-order chi connectivity index (χ0) is 11.4. The van der Waals surface area contributed by atoms with E-state index in [4.69, 9.17) is 11.6 Å². The van der Waals surface area contributed by atoms with Gasteiger partial charge in [-0.05, 0) is 0 Å². The van der Waals surface area contributed by atoms with Crippen molar-refractivity contribution in [1.82, 2.24) is 9.78 Å². The molecule has 1 aromatic rings. The number of methoxy groups -OCH3 is 1. The summed E-state index contributed by atoms with van der Waals surface area (Å²) < 4.78 is 5.84. The number of carbonyl (C=O) groups excluding carboxylic acids is 2. The summed E-state index contributed by atoms with van der Waals surface area (Å²) in [5, 5.41) is 6.31. The van der Waals surface area contributed by atoms with Crippen molar-refractivity contribution < 1.29 is 14.3 Å². The normalized spacial score (nSPS) is 9.80. The molecule has 0 aliphatic carbocycles. The first-order chi connectivity index (χ1) is 7.08. The zero-order valence-corrected chi connectivity index (χ0v) is 9.04. The molecule has 0 saturated carbocycles. The molecular weight excluding hydrogens is 222 g/mol. The van der Waals surface area contributed by atoms with E-state index < -0.39 is 5.97 Å². The Morgan fingerprint density at radius 3 is 2.87 bits per heavy atom. The summed E-state index contributed by atoms with van der Waals surface area (Å²) in [6, 6.07) is 1.41. The minimum atomic E-state index is -0.517. The molecular formula is C8H10ClN3O3. The van der Waals surface area contributed by atoms with Gasteiger partial charge in [-0.1, -0.05) is 0 Å². The number of ether oxygens (including phenoxy) is 1. The van der Waals surface area contributed by atoms with Gasteiger partial charge in [0.1, 0.15) is 11.6 Å². The molecule has 0 aliphatic heterocycles. The van der Waals surface area contributed by atoms with Gasteiger partial charge in [-0.2, -0.15) is 5.10 Å². The maximum atomic E-state index is 11.2. The number of amides is 1. The third-order valence-corrected chi connectivity index (χ3v) is 1.91. The van der Waals surface area contributed by atoms with Crippen LogP contribution in [0, 0.1) is 0 Å². The van der Waals surface area contributed by atoms with Gasteiger partial charge in [-0.25, -0.2) is 4.79 Å². The topological polar surface area (TPSA) is 73.2 Å². The highest BCUT2D eigenvalue weighted by molar-refractivity contribution is 6.29. The molecule has 0 bridgehead atoms. The van der Waals surface area contributed by atoms with Crippen molar-refractivity contribution in [2.45, 2.75) is 0 Å². The number of hydrogen-bond acceptors (Lipinski definition) is 4. The van der Waals surface area contributed by atoms with E-state index in [0.29, 0.717) is 0 Å². The molecule has 0 spiro atoms. The molecule has 0 fully saturated rings. The number of carbonyl (C=O) groups is 2. The summed E-state index contributed by atoms with van der Waals surface area (Å²) in [5.41, 5.74) is 0.252. The largest absolute Gasteiger partial charge is 0.464 e. The second-order valence-electron chi connectivity index (χ2n) is 2.71. The molecule has 7 heteroatoms.